The molecule has 0 bridgehead atoms. The number of ether oxygens (including phenoxy) is 1. The molecule has 0 spiro atoms. The molecule has 21 heavy (non-hydrogen) atoms. The lowest BCUT2D eigenvalue weighted by Gasteiger charge is -2.42. The first-order valence-electron chi connectivity index (χ1n) is 7.48. The average Bonchev–Trinajstić information content (AvgIpc) is 2.41. The molecule has 5 heteroatoms. The maximum Gasteiger partial charge on any atom is 0.276 e. The lowest BCUT2D eigenvalue weighted by atomic mass is 9.79. The van der Waals surface area contributed by atoms with Crippen LogP contribution >= 0.6 is 0 Å². The normalized spacial score (nSPS) is 21.4. The first kappa shape index (κ1) is 15.8. The van der Waals surface area contributed by atoms with Gasteiger partial charge in [0.05, 0.1) is 6.10 Å². The third-order valence-electron chi connectivity index (χ3n) is 3.94. The number of amides is 1. The number of rotatable bonds is 3. The lowest BCUT2D eigenvalue weighted by Crippen LogP contribution is -2.54. The molecule has 1 aliphatic heterocycles. The zero-order valence-electron chi connectivity index (χ0n) is 13.3. The van der Waals surface area contributed by atoms with Gasteiger partial charge in [-0.05, 0) is 37.8 Å². The largest absolute Gasteiger partial charge is 0.489 e. The predicted molar refractivity (Wildman–Crippen MR) is 82.3 cm³/mol. The molecule has 2 heterocycles. The van der Waals surface area contributed by atoms with Crippen LogP contribution in [0.25, 0.3) is 0 Å². The van der Waals surface area contributed by atoms with Gasteiger partial charge >= 0.3 is 0 Å². The molecule has 2 rings (SSSR count). The van der Waals surface area contributed by atoms with Gasteiger partial charge in [-0.1, -0.05) is 13.8 Å². The minimum atomic E-state index is -0.0816. The Bertz CT molecular complexity index is 514. The molecule has 116 valence electrons. The highest BCUT2D eigenvalue weighted by molar-refractivity contribution is 5.95. The Balaban J connectivity index is 2.21. The first-order chi connectivity index (χ1) is 9.81. The summed E-state index contributed by atoms with van der Waals surface area (Å²) in [6.07, 6.45) is 2.44. The number of aromatic nitrogens is 1. The van der Waals surface area contributed by atoms with E-state index in [0.717, 1.165) is 6.42 Å². The fourth-order valence-corrected chi connectivity index (χ4v) is 2.60. The molecule has 0 aromatic carbocycles. The van der Waals surface area contributed by atoms with E-state index in [0.29, 0.717) is 24.5 Å². The van der Waals surface area contributed by atoms with E-state index in [1.165, 1.54) is 0 Å². The number of likely N-dealkylation sites (tertiary alicyclic amines) is 1. The number of nitrogens with zero attached hydrogens (tertiary/aromatic N) is 2. The number of carbonyl (C=O) groups is 1. The van der Waals surface area contributed by atoms with Gasteiger partial charge < -0.3 is 15.4 Å². The molecule has 1 fully saturated rings. The summed E-state index contributed by atoms with van der Waals surface area (Å²) in [5, 5.41) is 0. The summed E-state index contributed by atoms with van der Waals surface area (Å²) >= 11 is 0. The van der Waals surface area contributed by atoms with Crippen LogP contribution in [-0.4, -0.2) is 41.0 Å². The van der Waals surface area contributed by atoms with Gasteiger partial charge in [0.15, 0.2) is 11.4 Å². The Kier molecular flexibility index (Phi) is 4.52. The van der Waals surface area contributed by atoms with Gasteiger partial charge in [0.25, 0.3) is 5.91 Å². The fourth-order valence-electron chi connectivity index (χ4n) is 2.60. The summed E-state index contributed by atoms with van der Waals surface area (Å²) in [6.45, 7) is 9.38. The van der Waals surface area contributed by atoms with Crippen molar-refractivity contribution in [1.29, 1.82) is 0 Å². The second-order valence-corrected chi connectivity index (χ2v) is 6.63. The summed E-state index contributed by atoms with van der Waals surface area (Å²) in [6, 6.07) is 3.70. The highest BCUT2D eigenvalue weighted by Gasteiger charge is 2.36. The van der Waals surface area contributed by atoms with Gasteiger partial charge in [0.2, 0.25) is 0 Å². The Hall–Kier alpha value is -1.62. The molecule has 0 saturated carbocycles. The van der Waals surface area contributed by atoms with Gasteiger partial charge in [-0.25, -0.2) is 4.98 Å². The van der Waals surface area contributed by atoms with Crippen LogP contribution < -0.4 is 10.5 Å². The summed E-state index contributed by atoms with van der Waals surface area (Å²) < 4.78 is 5.70. The van der Waals surface area contributed by atoms with Crippen molar-refractivity contribution in [2.75, 3.05) is 13.1 Å². The van der Waals surface area contributed by atoms with E-state index in [4.69, 9.17) is 10.5 Å². The predicted octanol–water partition coefficient (Wildman–Crippen LogP) is 2.07. The van der Waals surface area contributed by atoms with E-state index in [9.17, 15) is 4.79 Å². The van der Waals surface area contributed by atoms with Crippen molar-refractivity contribution in [1.82, 2.24) is 9.88 Å². The molecule has 1 atom stereocenters. The van der Waals surface area contributed by atoms with Crippen molar-refractivity contribution in [3.8, 4) is 5.75 Å². The van der Waals surface area contributed by atoms with Crippen LogP contribution in [0.3, 0.4) is 0 Å². The van der Waals surface area contributed by atoms with Gasteiger partial charge in [0.1, 0.15) is 0 Å². The highest BCUT2D eigenvalue weighted by Crippen LogP contribution is 2.29. The highest BCUT2D eigenvalue weighted by atomic mass is 16.5. The Labute approximate surface area is 126 Å². The number of hydrogen-bond acceptors (Lipinski definition) is 4. The molecule has 0 aliphatic carbocycles. The summed E-state index contributed by atoms with van der Waals surface area (Å²) in [5.41, 5.74) is 6.44. The second-order valence-electron chi connectivity index (χ2n) is 6.63. The quantitative estimate of drug-likeness (QED) is 0.925. The second kappa shape index (κ2) is 6.02. The van der Waals surface area contributed by atoms with Crippen LogP contribution in [0, 0.1) is 5.41 Å². The molecule has 2 N–H and O–H groups in total. The molecule has 1 aliphatic rings. The number of nitrogens with two attached hydrogens (primary N) is 1. The summed E-state index contributed by atoms with van der Waals surface area (Å²) in [7, 11) is 0. The monoisotopic (exact) mass is 291 g/mol. The summed E-state index contributed by atoms with van der Waals surface area (Å²) in [4.78, 5) is 18.8. The van der Waals surface area contributed by atoms with E-state index in [2.05, 4.69) is 18.8 Å². The topological polar surface area (TPSA) is 68.5 Å². The lowest BCUT2D eigenvalue weighted by molar-refractivity contribution is 0.0521. The van der Waals surface area contributed by atoms with Crippen molar-refractivity contribution in [2.45, 2.75) is 46.3 Å². The van der Waals surface area contributed by atoms with Gasteiger partial charge in [-0.15, -0.1) is 0 Å². The first-order valence-corrected chi connectivity index (χ1v) is 7.48. The molecule has 1 aromatic heterocycles. The molecule has 0 radical (unpaired) electrons. The van der Waals surface area contributed by atoms with Crippen molar-refractivity contribution < 1.29 is 9.53 Å². The van der Waals surface area contributed by atoms with Crippen molar-refractivity contribution >= 4 is 5.91 Å². The maximum atomic E-state index is 12.7. The third-order valence-corrected chi connectivity index (χ3v) is 3.94. The smallest absolute Gasteiger partial charge is 0.276 e. The molecule has 5 nitrogen and oxygen atoms in total. The number of carbonyl (C=O) groups excluding carboxylic acids is 1. The molecule has 1 saturated heterocycles. The Morgan fingerprint density at radius 1 is 1.52 bits per heavy atom. The van der Waals surface area contributed by atoms with Crippen LogP contribution in [0.1, 0.15) is 44.6 Å². The standard InChI is InChI=1S/C16H25N3O2/c1-11(2)21-12-6-5-8-18-14(12)15(20)19-9-7-13(17)16(3,4)10-19/h5-6,8,11,13H,7,9-10,17H2,1-4H3. The van der Waals surface area contributed by atoms with Crippen molar-refractivity contribution in [3.05, 3.63) is 24.0 Å². The van der Waals surface area contributed by atoms with Gasteiger partial charge in [0, 0.05) is 25.3 Å². The molecule has 1 amide bonds. The fraction of sp³-hybridized carbons (Fsp3) is 0.625. The third kappa shape index (κ3) is 3.53. The average molecular weight is 291 g/mol. The zero-order valence-corrected chi connectivity index (χ0v) is 13.3. The van der Waals surface area contributed by atoms with E-state index >= 15 is 0 Å². The van der Waals surface area contributed by atoms with Gasteiger partial charge in [-0.2, -0.15) is 0 Å². The molecule has 1 aromatic rings. The van der Waals surface area contributed by atoms with Crippen LogP contribution in [0.15, 0.2) is 18.3 Å². The van der Waals surface area contributed by atoms with E-state index in [-0.39, 0.29) is 23.5 Å². The molecule has 1 unspecified atom stereocenters. The summed E-state index contributed by atoms with van der Waals surface area (Å²) in [5.74, 6) is 0.469. The molecular weight excluding hydrogens is 266 g/mol. The van der Waals surface area contributed by atoms with Crippen LogP contribution in [-0.2, 0) is 0 Å². The van der Waals surface area contributed by atoms with Crippen LogP contribution in [0.5, 0.6) is 5.75 Å². The SMILES string of the molecule is CC(C)Oc1cccnc1C(=O)N1CCC(N)C(C)(C)C1. The number of hydrogen-bond donors (Lipinski definition) is 1. The number of piperidine rings is 1. The minimum absolute atomic E-state index is 0.00645. The van der Waals surface area contributed by atoms with Crippen LogP contribution in [0.4, 0.5) is 0 Å². The Morgan fingerprint density at radius 3 is 2.86 bits per heavy atom. The van der Waals surface area contributed by atoms with E-state index < -0.39 is 0 Å². The Morgan fingerprint density at radius 2 is 2.24 bits per heavy atom. The number of pyridine rings is 1. The van der Waals surface area contributed by atoms with E-state index in [1.807, 2.05) is 18.7 Å². The van der Waals surface area contributed by atoms with Crippen LogP contribution in [0.2, 0.25) is 0 Å². The van der Waals surface area contributed by atoms with Gasteiger partial charge in [-0.3, -0.25) is 4.79 Å². The zero-order chi connectivity index (χ0) is 15.6. The van der Waals surface area contributed by atoms with E-state index in [1.54, 1.807) is 18.3 Å². The van der Waals surface area contributed by atoms with Crippen molar-refractivity contribution in [2.24, 2.45) is 11.1 Å². The maximum absolute atomic E-state index is 12.7. The minimum Gasteiger partial charge on any atom is -0.489 e. The molecular formula is C16H25N3O2. The van der Waals surface area contributed by atoms with Crippen molar-refractivity contribution in [3.63, 3.8) is 0 Å².